The number of ether oxygens (including phenoxy) is 4. The lowest BCUT2D eigenvalue weighted by Crippen LogP contribution is -2.43. The Morgan fingerprint density at radius 3 is 0.991 bits per heavy atom. The molecule has 0 aromatic heterocycles. The van der Waals surface area contributed by atoms with Crippen molar-refractivity contribution in [1.29, 1.82) is 0 Å². The zero-order valence-corrected chi connectivity index (χ0v) is 72.1. The molecule has 0 aliphatic carbocycles. The highest BCUT2D eigenvalue weighted by molar-refractivity contribution is 7.47. The van der Waals surface area contributed by atoms with Gasteiger partial charge in [-0.2, -0.15) is 0 Å². The summed E-state index contributed by atoms with van der Waals surface area (Å²) in [5.41, 5.74) is 0.288. The molecule has 0 saturated heterocycles. The molecule has 24 nitrogen and oxygen atoms in total. The van der Waals surface area contributed by atoms with Gasteiger partial charge in [-0.05, 0) is 127 Å². The third kappa shape index (κ3) is 64.7. The van der Waals surface area contributed by atoms with Gasteiger partial charge in [0.1, 0.15) is 12.2 Å². The fourth-order valence-corrected chi connectivity index (χ4v) is 14.1. The molecule has 1 aromatic carbocycles. The maximum absolute atomic E-state index is 13.8. The van der Waals surface area contributed by atoms with Gasteiger partial charge in [0.15, 0.2) is 0 Å². The van der Waals surface area contributed by atoms with E-state index in [1.807, 2.05) is 0 Å². The molecule has 1 rings (SSSR count). The number of nitrogens with one attached hydrogen (secondary N) is 4. The molecule has 0 aliphatic rings. The number of unbranched alkanes of at least 4 members (excludes halogenated alkanes) is 30. The monoisotopic (exact) mass is 1630 g/mol. The highest BCUT2D eigenvalue weighted by Crippen LogP contribution is 2.44. The van der Waals surface area contributed by atoms with Crippen molar-refractivity contribution in [2.75, 3.05) is 65.9 Å². The van der Waals surface area contributed by atoms with Crippen molar-refractivity contribution in [2.24, 2.45) is 0 Å². The van der Waals surface area contributed by atoms with Gasteiger partial charge in [-0.1, -0.05) is 246 Å². The van der Waals surface area contributed by atoms with Crippen molar-refractivity contribution in [3.05, 3.63) is 59.7 Å². The molecular formula is C86H156N4O20P2. The zero-order valence-electron chi connectivity index (χ0n) is 70.3. The Morgan fingerprint density at radius 1 is 0.366 bits per heavy atom. The maximum atomic E-state index is 13.8. The van der Waals surface area contributed by atoms with Crippen LogP contribution >= 0.6 is 15.6 Å². The van der Waals surface area contributed by atoms with Crippen LogP contribution in [0.25, 0.3) is 0 Å². The van der Waals surface area contributed by atoms with E-state index >= 15 is 0 Å². The fraction of sp³-hybridized carbons (Fsp3) is 0.814. The lowest BCUT2D eigenvalue weighted by Gasteiger charge is -2.23. The number of phosphoric ester groups is 2. The first kappa shape index (κ1) is 106. The van der Waals surface area contributed by atoms with Crippen LogP contribution in [0, 0.1) is 0 Å². The molecule has 0 saturated carbocycles. The summed E-state index contributed by atoms with van der Waals surface area (Å²) in [6, 6.07) is 3.67. The van der Waals surface area contributed by atoms with Gasteiger partial charge < -0.3 is 60.2 Å². The number of carbonyl (C=O) groups is 6. The molecule has 0 radical (unpaired) electrons. The van der Waals surface area contributed by atoms with Gasteiger partial charge in [0.05, 0.1) is 76.8 Å². The summed E-state index contributed by atoms with van der Waals surface area (Å²) >= 11 is 0. The van der Waals surface area contributed by atoms with Crippen molar-refractivity contribution in [3.8, 4) is 0 Å². The van der Waals surface area contributed by atoms with E-state index in [1.165, 1.54) is 94.9 Å². The number of hydrogen-bond donors (Lipinski definition) is 8. The number of benzene rings is 1. The highest BCUT2D eigenvalue weighted by Gasteiger charge is 2.29. The van der Waals surface area contributed by atoms with Gasteiger partial charge in [0.2, 0.25) is 11.8 Å². The van der Waals surface area contributed by atoms with Crippen molar-refractivity contribution in [2.45, 2.75) is 386 Å². The molecule has 0 spiro atoms. The van der Waals surface area contributed by atoms with Crippen LogP contribution in [0.4, 0.5) is 0 Å². The van der Waals surface area contributed by atoms with E-state index in [0.29, 0.717) is 51.4 Å². The molecule has 4 unspecified atom stereocenters. The first-order valence-corrected chi connectivity index (χ1v) is 46.9. The van der Waals surface area contributed by atoms with Crippen LogP contribution in [0.2, 0.25) is 0 Å². The van der Waals surface area contributed by atoms with Crippen molar-refractivity contribution < 1.29 is 94.9 Å². The summed E-state index contributed by atoms with van der Waals surface area (Å²) in [5.74, 6) is -2.87. The summed E-state index contributed by atoms with van der Waals surface area (Å²) in [6.07, 6.45) is 48.8. The minimum absolute atomic E-state index is 0.129. The van der Waals surface area contributed by atoms with Crippen molar-refractivity contribution in [1.82, 2.24) is 21.3 Å². The van der Waals surface area contributed by atoms with Gasteiger partial charge in [-0.15, -0.1) is 0 Å². The molecule has 112 heavy (non-hydrogen) atoms. The molecule has 0 aliphatic heterocycles. The van der Waals surface area contributed by atoms with E-state index in [1.54, 1.807) is 0 Å². The number of phosphoric acid groups is 2. The lowest BCUT2D eigenvalue weighted by molar-refractivity contribution is -0.152. The van der Waals surface area contributed by atoms with E-state index in [9.17, 15) is 57.9 Å². The molecule has 650 valence electrons. The normalized spacial score (nSPS) is 14.4. The second kappa shape index (κ2) is 73.0. The summed E-state index contributed by atoms with van der Waals surface area (Å²) in [6.45, 7) is 10.7. The van der Waals surface area contributed by atoms with Crippen molar-refractivity contribution in [3.63, 3.8) is 0 Å². The van der Waals surface area contributed by atoms with Crippen LogP contribution in [-0.4, -0.2) is 158 Å². The lowest BCUT2D eigenvalue weighted by atomic mass is 10.0. The summed E-state index contributed by atoms with van der Waals surface area (Å²) in [7, 11) is -9.56. The third-order valence-corrected chi connectivity index (χ3v) is 21.3. The minimum atomic E-state index is -4.78. The second-order valence-corrected chi connectivity index (χ2v) is 33.0. The molecule has 4 amide bonds. The van der Waals surface area contributed by atoms with E-state index in [-0.39, 0.29) is 88.3 Å². The quantitative estimate of drug-likeness (QED) is 0.0130. The Bertz CT molecular complexity index is 2660. The average Bonchev–Trinajstić information content (AvgIpc) is 0.892. The van der Waals surface area contributed by atoms with Crippen molar-refractivity contribution >= 4 is 51.2 Å². The van der Waals surface area contributed by atoms with Crippen LogP contribution < -0.4 is 21.3 Å². The van der Waals surface area contributed by atoms with Gasteiger partial charge in [-0.3, -0.25) is 46.9 Å². The molecular weight excluding hydrogens is 1470 g/mol. The SMILES string of the molecule is CCCCCC/C=C\CCCC(=O)O[C@H](CCCCCCCCCCC)CC(=O)NC(COCC[C@@H](O)CCCCCCC)COP(=O)(O)OCCNC(=O)c1ccc(C(=O)NCCOP(=O)(O)OCC(COCC[C@H](O)CCCCCCC)NC(=O)C[C@@H](CCCCCCC)OC(=O)CCC/C=C/CCCCCC)cc1. The third-order valence-electron chi connectivity index (χ3n) is 19.4. The van der Waals surface area contributed by atoms with Crippen LogP contribution in [0.5, 0.6) is 0 Å². The van der Waals surface area contributed by atoms with Gasteiger partial charge >= 0.3 is 27.6 Å². The van der Waals surface area contributed by atoms with Crippen LogP contribution in [0.15, 0.2) is 48.6 Å². The minimum Gasteiger partial charge on any atom is -0.462 e. The fourth-order valence-electron chi connectivity index (χ4n) is 12.6. The summed E-state index contributed by atoms with van der Waals surface area (Å²) < 4.78 is 71.2. The predicted molar refractivity (Wildman–Crippen MR) is 446 cm³/mol. The van der Waals surface area contributed by atoms with Gasteiger partial charge in [0.25, 0.3) is 11.8 Å². The first-order valence-electron chi connectivity index (χ1n) is 43.9. The number of esters is 2. The largest absolute Gasteiger partial charge is 0.472 e. The Kier molecular flexibility index (Phi) is 68.8. The molecule has 26 heteroatoms. The number of aliphatic hydroxyl groups excluding tert-OH is 2. The molecule has 0 fully saturated rings. The van der Waals surface area contributed by atoms with Crippen LogP contribution in [-0.2, 0) is 65.4 Å². The number of allylic oxidation sites excluding steroid dienone is 4. The standard InChI is InChI=1S/C86H156N4O20P2/c1-7-13-19-25-28-31-34-40-46-52-80(110-84(96)54-48-42-36-33-30-27-21-15-9-3)68-82(94)90-76(70-104-64-60-78(92)50-44-38-23-17-11-5)72-108-112(101,102)106-66-62-88-86(98)74-57-55-73(56-58-74)85(97)87-61-65-105-111(99,100)107-71-75(69-103-63-59-77(91)49-43-37-22-16-10-4)89-81(93)67-79(51-45-39-24-18-12-6)109-83(95)53-47-41-35-32-29-26-20-14-8-2/h32-33,35-36,55-58,75-80,91-92H,7-31,34,37-54,59-72H2,1-6H3,(H,87,97)(H,88,98)(H,89,93)(H,90,94)(H,99,100)(H,101,102)/b35-32+,36-33-/t75?,76?,77-,78+,79-,80-/m1/s1. The zero-order chi connectivity index (χ0) is 82.2. The molecule has 8 atom stereocenters. The highest BCUT2D eigenvalue weighted by atomic mass is 31.2. The van der Waals surface area contributed by atoms with E-state index in [0.717, 1.165) is 161 Å². The number of rotatable bonds is 80. The number of amides is 4. The smallest absolute Gasteiger partial charge is 0.462 e. The Morgan fingerprint density at radius 2 is 0.661 bits per heavy atom. The van der Waals surface area contributed by atoms with E-state index < -0.39 is 102 Å². The Hall–Kier alpha value is -4.42. The Balaban J connectivity index is 2.97. The molecule has 1 aromatic rings. The average molecular weight is 1630 g/mol. The van der Waals surface area contributed by atoms with Crippen LogP contribution in [0.1, 0.15) is 370 Å². The van der Waals surface area contributed by atoms with Gasteiger partial charge in [0, 0.05) is 50.3 Å². The molecule has 0 heterocycles. The van der Waals surface area contributed by atoms with E-state index in [2.05, 4.69) is 87.1 Å². The second-order valence-electron chi connectivity index (χ2n) is 30.1. The number of aliphatic hydroxyl groups is 2. The van der Waals surface area contributed by atoms with Crippen LogP contribution in [0.3, 0.4) is 0 Å². The summed E-state index contributed by atoms with van der Waals surface area (Å²) in [4.78, 5) is 102. The molecule has 0 bridgehead atoms. The topological polar surface area (TPSA) is 339 Å². The predicted octanol–water partition coefficient (Wildman–Crippen LogP) is 18.9. The Labute approximate surface area is 676 Å². The maximum Gasteiger partial charge on any atom is 0.472 e. The van der Waals surface area contributed by atoms with Gasteiger partial charge in [-0.25, -0.2) is 9.13 Å². The summed E-state index contributed by atoms with van der Waals surface area (Å²) in [5, 5.41) is 32.1. The molecule has 8 N–H and O–H groups in total. The first-order chi connectivity index (χ1) is 54.2. The number of carbonyl (C=O) groups excluding carboxylic acids is 6. The number of hydrogen-bond acceptors (Lipinski definition) is 18. The van der Waals surface area contributed by atoms with E-state index in [4.69, 9.17) is 37.0 Å².